The van der Waals surface area contributed by atoms with Crippen LogP contribution in [0.1, 0.15) is 15.2 Å². The third-order valence-electron chi connectivity index (χ3n) is 3.19. The molecular weight excluding hydrogens is 336 g/mol. The third-order valence-corrected chi connectivity index (χ3v) is 4.92. The number of hydrogen-bond donors (Lipinski definition) is 2. The summed E-state index contributed by atoms with van der Waals surface area (Å²) in [4.78, 5) is 13.1. The van der Waals surface area contributed by atoms with E-state index in [1.807, 2.05) is 35.2 Å². The summed E-state index contributed by atoms with van der Waals surface area (Å²) in [6.07, 6.45) is 3.74. The second-order valence-corrected chi connectivity index (χ2v) is 6.82. The maximum atomic E-state index is 12.6. The molecule has 0 aliphatic carbocycles. The second-order valence-electron chi connectivity index (χ2n) is 4.62. The molecule has 0 unspecified atom stereocenters. The van der Waals surface area contributed by atoms with Gasteiger partial charge in [0.1, 0.15) is 14.8 Å². The van der Waals surface area contributed by atoms with Crippen LogP contribution in [-0.4, -0.2) is 5.78 Å². The van der Waals surface area contributed by atoms with Crippen LogP contribution in [0, 0.1) is 0 Å². The molecule has 0 amide bonds. The van der Waals surface area contributed by atoms with Crippen molar-refractivity contribution in [2.75, 3.05) is 5.73 Å². The molecule has 0 radical (unpaired) electrons. The van der Waals surface area contributed by atoms with Crippen molar-refractivity contribution in [1.29, 1.82) is 0 Å². The lowest BCUT2D eigenvalue weighted by atomic mass is 10.1. The summed E-state index contributed by atoms with van der Waals surface area (Å²) < 4.78 is 2.55. The van der Waals surface area contributed by atoms with Crippen molar-refractivity contribution in [2.45, 2.75) is 4.21 Å². The molecular formula is C16H12ClN2OS2+. The summed E-state index contributed by atoms with van der Waals surface area (Å²) in [6, 6.07) is 12.5. The molecule has 0 bridgehead atoms. The highest BCUT2D eigenvalue weighted by atomic mass is 35.5. The highest BCUT2D eigenvalue weighted by Crippen LogP contribution is 2.35. The molecule has 6 heteroatoms. The van der Waals surface area contributed by atoms with Gasteiger partial charge in [-0.15, -0.1) is 24.0 Å². The number of nitrogens with zero attached hydrogens (tertiary/aromatic N) is 1. The molecule has 3 rings (SSSR count). The van der Waals surface area contributed by atoms with Crippen molar-refractivity contribution >= 4 is 47.0 Å². The van der Waals surface area contributed by atoms with E-state index in [4.69, 9.17) is 17.3 Å². The molecule has 0 saturated heterocycles. The summed E-state index contributed by atoms with van der Waals surface area (Å²) in [5, 5.41) is 0.589. The Kier molecular flexibility index (Phi) is 4.20. The SMILES string of the molecule is Nc1c(C(=O)c2ccc(Cl)cc2)sc(S)c1-[n+]1ccccc1. The zero-order chi connectivity index (χ0) is 15.7. The normalized spacial score (nSPS) is 10.6. The minimum atomic E-state index is -0.128. The van der Waals surface area contributed by atoms with E-state index in [9.17, 15) is 4.79 Å². The van der Waals surface area contributed by atoms with E-state index in [1.54, 1.807) is 24.3 Å². The summed E-state index contributed by atoms with van der Waals surface area (Å²) in [6.45, 7) is 0. The second kappa shape index (κ2) is 6.12. The van der Waals surface area contributed by atoms with Crippen molar-refractivity contribution in [1.82, 2.24) is 0 Å². The molecule has 0 atom stereocenters. The predicted octanol–water partition coefficient (Wildman–Crippen LogP) is 3.78. The van der Waals surface area contributed by atoms with Gasteiger partial charge in [0.05, 0.1) is 0 Å². The Hall–Kier alpha value is -1.82. The summed E-state index contributed by atoms with van der Waals surface area (Å²) in [5.74, 6) is -0.128. The van der Waals surface area contributed by atoms with Crippen LogP contribution in [0.2, 0.25) is 5.02 Å². The number of thiol groups is 1. The van der Waals surface area contributed by atoms with Crippen molar-refractivity contribution in [2.24, 2.45) is 0 Å². The van der Waals surface area contributed by atoms with E-state index in [0.29, 0.717) is 25.4 Å². The smallest absolute Gasteiger partial charge is 0.258 e. The molecule has 3 aromatic rings. The monoisotopic (exact) mass is 347 g/mol. The van der Waals surface area contributed by atoms with Crippen LogP contribution in [0.3, 0.4) is 0 Å². The van der Waals surface area contributed by atoms with Gasteiger partial charge in [0.25, 0.3) is 5.69 Å². The van der Waals surface area contributed by atoms with Crippen LogP contribution in [0.4, 0.5) is 5.69 Å². The molecule has 0 spiro atoms. The maximum absolute atomic E-state index is 12.6. The van der Waals surface area contributed by atoms with E-state index in [1.165, 1.54) is 11.3 Å². The van der Waals surface area contributed by atoms with E-state index >= 15 is 0 Å². The Morgan fingerprint density at radius 1 is 1.14 bits per heavy atom. The van der Waals surface area contributed by atoms with E-state index < -0.39 is 0 Å². The molecule has 2 N–H and O–H groups in total. The van der Waals surface area contributed by atoms with Gasteiger partial charge >= 0.3 is 0 Å². The van der Waals surface area contributed by atoms with Gasteiger partial charge in [0.2, 0.25) is 5.78 Å². The molecule has 3 nitrogen and oxygen atoms in total. The van der Waals surface area contributed by atoms with E-state index in [0.717, 1.165) is 5.69 Å². The largest absolute Gasteiger partial charge is 0.392 e. The third kappa shape index (κ3) is 2.75. The minimum Gasteiger partial charge on any atom is -0.392 e. The predicted molar refractivity (Wildman–Crippen MR) is 92.4 cm³/mol. The van der Waals surface area contributed by atoms with Gasteiger partial charge in [-0.05, 0) is 24.3 Å². The molecule has 2 heterocycles. The number of benzene rings is 1. The average Bonchev–Trinajstić information content (AvgIpc) is 2.83. The minimum absolute atomic E-state index is 0.128. The number of thiophene rings is 1. The molecule has 0 saturated carbocycles. The van der Waals surface area contributed by atoms with Crippen LogP contribution < -0.4 is 10.3 Å². The zero-order valence-electron chi connectivity index (χ0n) is 11.4. The molecule has 110 valence electrons. The van der Waals surface area contributed by atoms with Crippen molar-refractivity contribution in [3.63, 3.8) is 0 Å². The first-order valence-corrected chi connectivity index (χ1v) is 8.10. The highest BCUT2D eigenvalue weighted by Gasteiger charge is 2.26. The number of halogens is 1. The topological polar surface area (TPSA) is 47.0 Å². The quantitative estimate of drug-likeness (QED) is 0.430. The van der Waals surface area contributed by atoms with Crippen LogP contribution in [0.5, 0.6) is 0 Å². The number of ketones is 1. The first-order chi connectivity index (χ1) is 10.6. The van der Waals surface area contributed by atoms with Crippen molar-refractivity contribution < 1.29 is 9.36 Å². The van der Waals surface area contributed by atoms with Crippen LogP contribution in [-0.2, 0) is 0 Å². The number of pyridine rings is 1. The Labute approximate surface area is 142 Å². The number of aromatic nitrogens is 1. The van der Waals surface area contributed by atoms with Crippen LogP contribution in [0.25, 0.3) is 5.69 Å². The van der Waals surface area contributed by atoms with Crippen molar-refractivity contribution in [3.8, 4) is 5.69 Å². The summed E-state index contributed by atoms with van der Waals surface area (Å²) in [7, 11) is 0. The van der Waals surface area contributed by atoms with E-state index in [-0.39, 0.29) is 5.78 Å². The number of anilines is 1. The molecule has 2 aromatic heterocycles. The number of hydrogen-bond acceptors (Lipinski definition) is 4. The fraction of sp³-hybridized carbons (Fsp3) is 0. The van der Waals surface area contributed by atoms with Gasteiger partial charge in [-0.2, -0.15) is 4.57 Å². The van der Waals surface area contributed by atoms with Crippen molar-refractivity contribution in [3.05, 3.63) is 70.3 Å². The molecule has 0 fully saturated rings. The number of nitrogens with two attached hydrogens (primary N) is 1. The zero-order valence-corrected chi connectivity index (χ0v) is 13.8. The Bertz CT molecular complexity index is 829. The van der Waals surface area contributed by atoms with E-state index in [2.05, 4.69) is 12.6 Å². The first kappa shape index (κ1) is 15.1. The maximum Gasteiger partial charge on any atom is 0.258 e. The van der Waals surface area contributed by atoms with Gasteiger partial charge in [0, 0.05) is 22.7 Å². The van der Waals surface area contributed by atoms with Gasteiger partial charge in [-0.3, -0.25) is 4.79 Å². The van der Waals surface area contributed by atoms with Gasteiger partial charge in [0.15, 0.2) is 12.4 Å². The highest BCUT2D eigenvalue weighted by molar-refractivity contribution is 7.83. The Balaban J connectivity index is 2.06. The fourth-order valence-electron chi connectivity index (χ4n) is 2.12. The Morgan fingerprint density at radius 3 is 2.41 bits per heavy atom. The lowest BCUT2D eigenvalue weighted by Gasteiger charge is -2.00. The number of carbonyl (C=O) groups excluding carboxylic acids is 1. The van der Waals surface area contributed by atoms with Gasteiger partial charge < -0.3 is 5.73 Å². The van der Waals surface area contributed by atoms with Crippen LogP contribution in [0.15, 0.2) is 59.1 Å². The van der Waals surface area contributed by atoms with Gasteiger partial charge in [-0.25, -0.2) is 0 Å². The lowest BCUT2D eigenvalue weighted by molar-refractivity contribution is -0.596. The molecule has 0 aliphatic rings. The first-order valence-electron chi connectivity index (χ1n) is 6.46. The summed E-state index contributed by atoms with van der Waals surface area (Å²) in [5.41, 5.74) is 7.91. The Morgan fingerprint density at radius 2 is 1.77 bits per heavy atom. The number of carbonyl (C=O) groups is 1. The molecule has 1 aromatic carbocycles. The average molecular weight is 348 g/mol. The van der Waals surface area contributed by atoms with Crippen LogP contribution >= 0.6 is 35.6 Å². The standard InChI is InChI=1S/C16H11ClN2OS2/c17-11-6-4-10(5-7-11)14(20)15-12(18)13(16(21)22-15)19-8-2-1-3-9-19/h1-9H,(H2-,18,20,21)/p+1. The number of nitrogen functional groups attached to an aromatic ring is 1. The number of rotatable bonds is 3. The van der Waals surface area contributed by atoms with Gasteiger partial charge in [-0.1, -0.05) is 17.7 Å². The fourth-order valence-corrected chi connectivity index (χ4v) is 3.68. The lowest BCUT2D eigenvalue weighted by Crippen LogP contribution is -2.30. The molecule has 0 aliphatic heterocycles. The molecule has 22 heavy (non-hydrogen) atoms. The summed E-state index contributed by atoms with van der Waals surface area (Å²) >= 11 is 11.6.